The number of hydrogen-bond acceptors (Lipinski definition) is 2. The van der Waals surface area contributed by atoms with E-state index in [-0.39, 0.29) is 5.69 Å². The van der Waals surface area contributed by atoms with E-state index in [1.807, 2.05) is 24.5 Å². The van der Waals surface area contributed by atoms with Crippen LogP contribution in [0.25, 0.3) is 0 Å². The second kappa shape index (κ2) is 5.31. The molecule has 90 valence electrons. The molecule has 2 aromatic heterocycles. The Morgan fingerprint density at radius 3 is 2.71 bits per heavy atom. The molecule has 0 aliphatic rings. The summed E-state index contributed by atoms with van der Waals surface area (Å²) in [4.78, 5) is 16.2. The summed E-state index contributed by atoms with van der Waals surface area (Å²) in [7, 11) is 0. The van der Waals surface area contributed by atoms with Crippen LogP contribution in [0.4, 0.5) is 0 Å². The Balaban J connectivity index is 2.19. The Labute approximate surface area is 108 Å². The van der Waals surface area contributed by atoms with Gasteiger partial charge in [0.25, 0.3) is 0 Å². The summed E-state index contributed by atoms with van der Waals surface area (Å²) in [6.45, 7) is 3.34. The van der Waals surface area contributed by atoms with Crippen molar-refractivity contribution in [3.05, 3.63) is 51.4 Å². The number of nitrogens with zero attached hydrogens (tertiary/aromatic N) is 3. The van der Waals surface area contributed by atoms with E-state index in [0.29, 0.717) is 6.54 Å². The maximum atomic E-state index is 11.9. The second-order valence-corrected chi connectivity index (χ2v) is 4.79. The van der Waals surface area contributed by atoms with E-state index >= 15 is 0 Å². The van der Waals surface area contributed by atoms with Crippen LogP contribution in [0.5, 0.6) is 0 Å². The van der Waals surface area contributed by atoms with E-state index in [1.54, 1.807) is 15.3 Å². The number of hydrogen-bond donors (Lipinski definition) is 0. The molecular formula is C12H14BrN3O. The van der Waals surface area contributed by atoms with Gasteiger partial charge in [-0.25, -0.2) is 4.79 Å². The summed E-state index contributed by atoms with van der Waals surface area (Å²) < 4.78 is 4.34. The van der Waals surface area contributed by atoms with Crippen LogP contribution in [0.3, 0.4) is 0 Å². The SMILES string of the molecule is CCCn1ccn(Cc2ccc(Br)cn2)c1=O. The molecule has 2 aromatic rings. The molecule has 0 fully saturated rings. The number of halogens is 1. The monoisotopic (exact) mass is 295 g/mol. The van der Waals surface area contributed by atoms with E-state index in [1.165, 1.54) is 0 Å². The first-order valence-corrected chi connectivity index (χ1v) is 6.36. The fourth-order valence-corrected chi connectivity index (χ4v) is 1.89. The molecule has 0 spiro atoms. The van der Waals surface area contributed by atoms with Gasteiger partial charge in [-0.2, -0.15) is 0 Å². The molecule has 0 bridgehead atoms. The van der Waals surface area contributed by atoms with Crippen LogP contribution < -0.4 is 5.69 Å². The van der Waals surface area contributed by atoms with Crippen molar-refractivity contribution in [3.63, 3.8) is 0 Å². The molecule has 0 saturated carbocycles. The lowest BCUT2D eigenvalue weighted by Gasteiger charge is -2.01. The third-order valence-electron chi connectivity index (χ3n) is 2.50. The van der Waals surface area contributed by atoms with Gasteiger partial charge < -0.3 is 0 Å². The van der Waals surface area contributed by atoms with Gasteiger partial charge in [0.15, 0.2) is 0 Å². The first kappa shape index (κ1) is 12.1. The minimum Gasteiger partial charge on any atom is -0.299 e. The summed E-state index contributed by atoms with van der Waals surface area (Å²) in [6, 6.07) is 3.84. The lowest BCUT2D eigenvalue weighted by Crippen LogP contribution is -2.24. The molecule has 0 N–H and O–H groups in total. The molecule has 2 heterocycles. The molecule has 0 aliphatic heterocycles. The van der Waals surface area contributed by atoms with Crippen LogP contribution in [0.2, 0.25) is 0 Å². The maximum Gasteiger partial charge on any atom is 0.328 e. The highest BCUT2D eigenvalue weighted by Gasteiger charge is 2.03. The predicted molar refractivity (Wildman–Crippen MR) is 70.0 cm³/mol. The van der Waals surface area contributed by atoms with Gasteiger partial charge in [0.2, 0.25) is 0 Å². The van der Waals surface area contributed by atoms with Crippen LogP contribution >= 0.6 is 15.9 Å². The van der Waals surface area contributed by atoms with Gasteiger partial charge >= 0.3 is 5.69 Å². The Morgan fingerprint density at radius 2 is 2.06 bits per heavy atom. The molecule has 0 unspecified atom stereocenters. The van der Waals surface area contributed by atoms with Gasteiger partial charge in [0, 0.05) is 29.6 Å². The lowest BCUT2D eigenvalue weighted by atomic mass is 10.3. The molecule has 17 heavy (non-hydrogen) atoms. The van der Waals surface area contributed by atoms with E-state index in [9.17, 15) is 4.79 Å². The van der Waals surface area contributed by atoms with E-state index < -0.39 is 0 Å². The van der Waals surface area contributed by atoms with Gasteiger partial charge in [-0.05, 0) is 34.5 Å². The zero-order chi connectivity index (χ0) is 12.3. The standard InChI is InChI=1S/C12H14BrN3O/c1-2-5-15-6-7-16(12(15)17)9-11-4-3-10(13)8-14-11/h3-4,6-8H,2,5,9H2,1H3. The van der Waals surface area contributed by atoms with E-state index in [4.69, 9.17) is 0 Å². The zero-order valence-corrected chi connectivity index (χ0v) is 11.2. The molecule has 5 heteroatoms. The van der Waals surface area contributed by atoms with Gasteiger partial charge in [0.05, 0.1) is 12.2 Å². The highest BCUT2D eigenvalue weighted by molar-refractivity contribution is 9.10. The topological polar surface area (TPSA) is 39.8 Å². The Bertz CT molecular complexity index is 542. The van der Waals surface area contributed by atoms with Crippen molar-refractivity contribution < 1.29 is 0 Å². The van der Waals surface area contributed by atoms with Gasteiger partial charge in [-0.1, -0.05) is 6.92 Å². The summed E-state index contributed by atoms with van der Waals surface area (Å²) in [5, 5.41) is 0. The second-order valence-electron chi connectivity index (χ2n) is 3.87. The molecule has 4 nitrogen and oxygen atoms in total. The van der Waals surface area contributed by atoms with Crippen LogP contribution in [-0.2, 0) is 13.1 Å². The number of imidazole rings is 1. The quantitative estimate of drug-likeness (QED) is 0.868. The summed E-state index contributed by atoms with van der Waals surface area (Å²) in [5.41, 5.74) is 0.904. The fraction of sp³-hybridized carbons (Fsp3) is 0.333. The molecule has 0 aliphatic carbocycles. The Kier molecular flexibility index (Phi) is 3.78. The predicted octanol–water partition coefficient (Wildman–Crippen LogP) is 2.27. The number of pyridine rings is 1. The van der Waals surface area contributed by atoms with E-state index in [0.717, 1.165) is 23.1 Å². The van der Waals surface area contributed by atoms with Crippen molar-refractivity contribution in [2.45, 2.75) is 26.4 Å². The van der Waals surface area contributed by atoms with Crippen LogP contribution in [0, 0.1) is 0 Å². The fourth-order valence-electron chi connectivity index (χ4n) is 1.66. The third-order valence-corrected chi connectivity index (χ3v) is 2.97. The summed E-state index contributed by atoms with van der Waals surface area (Å²) in [6.07, 6.45) is 6.33. The molecular weight excluding hydrogens is 282 g/mol. The first-order valence-electron chi connectivity index (χ1n) is 5.56. The molecule has 2 rings (SSSR count). The molecule has 0 aromatic carbocycles. The van der Waals surface area contributed by atoms with Crippen LogP contribution in [0.1, 0.15) is 19.0 Å². The number of rotatable bonds is 4. The normalized spacial score (nSPS) is 10.7. The molecule has 0 atom stereocenters. The van der Waals surface area contributed by atoms with Gasteiger partial charge in [-0.3, -0.25) is 14.1 Å². The van der Waals surface area contributed by atoms with Crippen LogP contribution in [0.15, 0.2) is 40.0 Å². The van der Waals surface area contributed by atoms with Crippen molar-refractivity contribution in [2.75, 3.05) is 0 Å². The lowest BCUT2D eigenvalue weighted by molar-refractivity contribution is 0.621. The first-order chi connectivity index (χ1) is 8.20. The van der Waals surface area contributed by atoms with Crippen molar-refractivity contribution in [2.24, 2.45) is 0 Å². The molecule has 0 amide bonds. The molecule has 0 radical (unpaired) electrons. The highest BCUT2D eigenvalue weighted by Crippen LogP contribution is 2.07. The maximum absolute atomic E-state index is 11.9. The van der Waals surface area contributed by atoms with Crippen molar-refractivity contribution in [1.29, 1.82) is 0 Å². The van der Waals surface area contributed by atoms with Crippen molar-refractivity contribution >= 4 is 15.9 Å². The summed E-state index contributed by atoms with van der Waals surface area (Å²) >= 11 is 3.33. The van der Waals surface area contributed by atoms with Crippen molar-refractivity contribution in [3.8, 4) is 0 Å². The van der Waals surface area contributed by atoms with Gasteiger partial charge in [-0.15, -0.1) is 0 Å². The van der Waals surface area contributed by atoms with Crippen molar-refractivity contribution in [1.82, 2.24) is 14.1 Å². The number of aryl methyl sites for hydroxylation is 1. The minimum absolute atomic E-state index is 0.0246. The highest BCUT2D eigenvalue weighted by atomic mass is 79.9. The summed E-state index contributed by atoms with van der Waals surface area (Å²) in [5.74, 6) is 0. The van der Waals surface area contributed by atoms with E-state index in [2.05, 4.69) is 27.8 Å². The molecule has 0 saturated heterocycles. The Hall–Kier alpha value is -1.36. The smallest absolute Gasteiger partial charge is 0.299 e. The number of aromatic nitrogens is 3. The van der Waals surface area contributed by atoms with Gasteiger partial charge in [0.1, 0.15) is 0 Å². The minimum atomic E-state index is 0.0246. The largest absolute Gasteiger partial charge is 0.328 e. The average molecular weight is 296 g/mol. The third kappa shape index (κ3) is 2.85. The zero-order valence-electron chi connectivity index (χ0n) is 9.64. The Morgan fingerprint density at radius 1 is 1.29 bits per heavy atom. The van der Waals surface area contributed by atoms with Crippen LogP contribution in [-0.4, -0.2) is 14.1 Å². The average Bonchev–Trinajstić information content (AvgIpc) is 2.65.